The molecule has 0 saturated heterocycles. The lowest BCUT2D eigenvalue weighted by Crippen LogP contribution is -2.19. The number of nitrogens with zero attached hydrogens (tertiary/aromatic N) is 3. The third-order valence-electron chi connectivity index (χ3n) is 2.18. The normalized spacial score (nSPS) is 12.6. The van der Waals surface area contributed by atoms with Crippen LogP contribution in [0.1, 0.15) is 16.6 Å². The zero-order chi connectivity index (χ0) is 10.5. The van der Waals surface area contributed by atoms with Crippen molar-refractivity contribution in [3.63, 3.8) is 0 Å². The van der Waals surface area contributed by atoms with Gasteiger partial charge in [0.2, 0.25) is 0 Å². The van der Waals surface area contributed by atoms with E-state index in [-0.39, 0.29) is 6.04 Å². The molecule has 1 N–H and O–H groups in total. The zero-order valence-electron chi connectivity index (χ0n) is 8.42. The molecule has 2 aromatic rings. The van der Waals surface area contributed by atoms with Gasteiger partial charge in [-0.3, -0.25) is 15.0 Å². The van der Waals surface area contributed by atoms with Gasteiger partial charge in [0.25, 0.3) is 0 Å². The molecule has 5 heteroatoms. The number of thiazole rings is 1. The predicted octanol–water partition coefficient (Wildman–Crippen LogP) is 1.44. The van der Waals surface area contributed by atoms with E-state index in [9.17, 15) is 0 Å². The molecule has 4 nitrogen and oxygen atoms in total. The monoisotopic (exact) mass is 220 g/mol. The summed E-state index contributed by atoms with van der Waals surface area (Å²) in [6.07, 6.45) is 7.99. The first-order chi connectivity index (χ1) is 7.40. The van der Waals surface area contributed by atoms with Crippen LogP contribution in [-0.4, -0.2) is 22.0 Å². The molecule has 2 aromatic heterocycles. The molecule has 0 amide bonds. The minimum absolute atomic E-state index is 0.208. The fourth-order valence-electron chi connectivity index (χ4n) is 1.39. The minimum atomic E-state index is 0.208. The van der Waals surface area contributed by atoms with E-state index >= 15 is 0 Å². The molecule has 2 heterocycles. The van der Waals surface area contributed by atoms with Crippen LogP contribution in [0.25, 0.3) is 0 Å². The molecular formula is C10H12N4S. The van der Waals surface area contributed by atoms with Gasteiger partial charge in [-0.1, -0.05) is 0 Å². The van der Waals surface area contributed by atoms with Crippen LogP contribution in [0.4, 0.5) is 0 Å². The van der Waals surface area contributed by atoms with Crippen molar-refractivity contribution in [2.45, 2.75) is 12.5 Å². The molecule has 1 atom stereocenters. The van der Waals surface area contributed by atoms with E-state index in [1.807, 2.05) is 18.8 Å². The SMILES string of the molecule is CNC(Cc1cncs1)c1cnccn1. The van der Waals surface area contributed by atoms with Crippen LogP contribution in [0.2, 0.25) is 0 Å². The second-order valence-corrected chi connectivity index (χ2v) is 4.11. The number of hydrogen-bond donors (Lipinski definition) is 1. The van der Waals surface area contributed by atoms with Crippen molar-refractivity contribution < 1.29 is 0 Å². The van der Waals surface area contributed by atoms with Gasteiger partial charge in [-0.2, -0.15) is 0 Å². The maximum Gasteiger partial charge on any atom is 0.0794 e. The van der Waals surface area contributed by atoms with E-state index in [0.717, 1.165) is 12.1 Å². The summed E-state index contributed by atoms with van der Waals surface area (Å²) in [5, 5.41) is 3.23. The predicted molar refractivity (Wildman–Crippen MR) is 59.7 cm³/mol. The molecular weight excluding hydrogens is 208 g/mol. The van der Waals surface area contributed by atoms with E-state index in [1.54, 1.807) is 29.9 Å². The Hall–Kier alpha value is -1.33. The van der Waals surface area contributed by atoms with Gasteiger partial charge in [-0.05, 0) is 7.05 Å². The van der Waals surface area contributed by atoms with Gasteiger partial charge in [0, 0.05) is 36.1 Å². The minimum Gasteiger partial charge on any atom is -0.311 e. The highest BCUT2D eigenvalue weighted by Crippen LogP contribution is 2.17. The number of likely N-dealkylation sites (N-methyl/N-ethyl adjacent to an activating group) is 1. The number of rotatable bonds is 4. The summed E-state index contributed by atoms with van der Waals surface area (Å²) >= 11 is 1.66. The number of aromatic nitrogens is 3. The third-order valence-corrected chi connectivity index (χ3v) is 2.98. The van der Waals surface area contributed by atoms with Crippen LogP contribution < -0.4 is 5.32 Å². The summed E-state index contributed by atoms with van der Waals surface area (Å²) < 4.78 is 0. The van der Waals surface area contributed by atoms with Crippen LogP contribution in [0.15, 0.2) is 30.3 Å². The van der Waals surface area contributed by atoms with Gasteiger partial charge in [0.1, 0.15) is 0 Å². The molecule has 2 rings (SSSR count). The Morgan fingerprint density at radius 2 is 2.27 bits per heavy atom. The van der Waals surface area contributed by atoms with Crippen molar-refractivity contribution in [1.29, 1.82) is 0 Å². The van der Waals surface area contributed by atoms with Crippen LogP contribution in [0.5, 0.6) is 0 Å². The lowest BCUT2D eigenvalue weighted by molar-refractivity contribution is 0.577. The second kappa shape index (κ2) is 4.95. The summed E-state index contributed by atoms with van der Waals surface area (Å²) in [5.74, 6) is 0. The molecule has 0 radical (unpaired) electrons. The van der Waals surface area contributed by atoms with Gasteiger partial charge in [0.05, 0.1) is 17.2 Å². The lowest BCUT2D eigenvalue weighted by Gasteiger charge is -2.13. The van der Waals surface area contributed by atoms with Crippen molar-refractivity contribution in [3.8, 4) is 0 Å². The summed E-state index contributed by atoms with van der Waals surface area (Å²) in [7, 11) is 1.93. The van der Waals surface area contributed by atoms with Gasteiger partial charge in [-0.15, -0.1) is 11.3 Å². The Kier molecular flexibility index (Phi) is 3.37. The quantitative estimate of drug-likeness (QED) is 0.847. The fraction of sp³-hybridized carbons (Fsp3) is 0.300. The summed E-state index contributed by atoms with van der Waals surface area (Å²) in [6.45, 7) is 0. The molecule has 0 aromatic carbocycles. The van der Waals surface area contributed by atoms with Crippen molar-refractivity contribution in [3.05, 3.63) is 40.9 Å². The van der Waals surface area contributed by atoms with Gasteiger partial charge >= 0.3 is 0 Å². The Bertz CT molecular complexity index is 387. The lowest BCUT2D eigenvalue weighted by atomic mass is 10.1. The molecule has 0 aliphatic rings. The number of nitrogens with one attached hydrogen (secondary N) is 1. The second-order valence-electron chi connectivity index (χ2n) is 3.14. The molecule has 0 bridgehead atoms. The van der Waals surface area contributed by atoms with Crippen LogP contribution in [0.3, 0.4) is 0 Å². The standard InChI is InChI=1S/C10H12N4S/c1-11-9(4-8-5-13-7-15-8)10-6-12-2-3-14-10/h2-3,5-7,9,11H,4H2,1H3. The van der Waals surface area contributed by atoms with Crippen LogP contribution in [0, 0.1) is 0 Å². The molecule has 0 aliphatic carbocycles. The molecule has 15 heavy (non-hydrogen) atoms. The van der Waals surface area contributed by atoms with Gasteiger partial charge in [0.15, 0.2) is 0 Å². The largest absolute Gasteiger partial charge is 0.311 e. The molecule has 78 valence electrons. The first kappa shape index (κ1) is 10.2. The Morgan fingerprint density at radius 3 is 2.87 bits per heavy atom. The average Bonchev–Trinajstić information content (AvgIpc) is 2.80. The fourth-order valence-corrected chi connectivity index (χ4v) is 2.03. The van der Waals surface area contributed by atoms with Crippen molar-refractivity contribution in [2.24, 2.45) is 0 Å². The summed E-state index contributed by atoms with van der Waals surface area (Å²) in [6, 6.07) is 0.208. The Morgan fingerprint density at radius 1 is 1.33 bits per heavy atom. The molecule has 1 unspecified atom stereocenters. The summed E-state index contributed by atoms with van der Waals surface area (Å²) in [5.41, 5.74) is 2.81. The zero-order valence-corrected chi connectivity index (χ0v) is 9.24. The Balaban J connectivity index is 2.12. The highest BCUT2D eigenvalue weighted by Gasteiger charge is 2.11. The number of hydrogen-bond acceptors (Lipinski definition) is 5. The third kappa shape index (κ3) is 2.57. The average molecular weight is 220 g/mol. The summed E-state index contributed by atoms with van der Waals surface area (Å²) in [4.78, 5) is 13.7. The topological polar surface area (TPSA) is 50.7 Å². The van der Waals surface area contributed by atoms with E-state index in [2.05, 4.69) is 20.3 Å². The van der Waals surface area contributed by atoms with Crippen LogP contribution in [-0.2, 0) is 6.42 Å². The first-order valence-electron chi connectivity index (χ1n) is 4.70. The van der Waals surface area contributed by atoms with E-state index in [0.29, 0.717) is 0 Å². The molecule has 0 spiro atoms. The van der Waals surface area contributed by atoms with Crippen LogP contribution >= 0.6 is 11.3 Å². The van der Waals surface area contributed by atoms with Gasteiger partial charge in [-0.25, -0.2) is 0 Å². The highest BCUT2D eigenvalue weighted by molar-refractivity contribution is 7.09. The highest BCUT2D eigenvalue weighted by atomic mass is 32.1. The maximum absolute atomic E-state index is 4.29. The molecule has 0 saturated carbocycles. The van der Waals surface area contributed by atoms with Crippen molar-refractivity contribution in [2.75, 3.05) is 7.05 Å². The molecule has 0 aliphatic heterocycles. The molecule has 0 fully saturated rings. The van der Waals surface area contributed by atoms with Crippen molar-refractivity contribution in [1.82, 2.24) is 20.3 Å². The maximum atomic E-state index is 4.29. The van der Waals surface area contributed by atoms with Gasteiger partial charge < -0.3 is 5.32 Å². The van der Waals surface area contributed by atoms with E-state index in [1.165, 1.54) is 4.88 Å². The van der Waals surface area contributed by atoms with Crippen molar-refractivity contribution >= 4 is 11.3 Å². The smallest absolute Gasteiger partial charge is 0.0794 e. The first-order valence-corrected chi connectivity index (χ1v) is 5.58. The Labute approximate surface area is 92.4 Å². The van der Waals surface area contributed by atoms with E-state index in [4.69, 9.17) is 0 Å². The van der Waals surface area contributed by atoms with E-state index < -0.39 is 0 Å².